The lowest BCUT2D eigenvalue weighted by Crippen LogP contribution is -2.47. The molecule has 1 heterocycles. The number of carboxylic acid groups (broad SMARTS) is 1. The fraction of sp³-hybridized carbons (Fsp3) is 0.647. The Morgan fingerprint density at radius 2 is 1.82 bits per heavy atom. The van der Waals surface area contributed by atoms with Crippen LogP contribution in [0.1, 0.15) is 38.5 Å². The summed E-state index contributed by atoms with van der Waals surface area (Å²) in [5.41, 5.74) is 10.5. The van der Waals surface area contributed by atoms with Crippen LogP contribution in [-0.4, -0.2) is 66.0 Å². The molecule has 1 fully saturated rings. The van der Waals surface area contributed by atoms with Crippen molar-refractivity contribution in [1.82, 2.24) is 10.6 Å². The number of aliphatic carboxylic acids is 1. The van der Waals surface area contributed by atoms with Gasteiger partial charge in [-0.1, -0.05) is 0 Å². The van der Waals surface area contributed by atoms with Crippen LogP contribution in [0.15, 0.2) is 4.99 Å². The summed E-state index contributed by atoms with van der Waals surface area (Å²) in [5, 5.41) is 14.2. The quantitative estimate of drug-likeness (QED) is 0.193. The lowest BCUT2D eigenvalue weighted by atomic mass is 9.91. The smallest absolute Gasteiger partial charge is 0.304 e. The van der Waals surface area contributed by atoms with Crippen molar-refractivity contribution in [2.45, 2.75) is 44.6 Å². The van der Waals surface area contributed by atoms with E-state index < -0.39 is 41.8 Å². The van der Waals surface area contributed by atoms with Gasteiger partial charge in [-0.05, 0) is 12.8 Å². The Labute approximate surface area is 162 Å². The number of amides is 1. The molecule has 156 valence electrons. The molecule has 1 rings (SSSR count). The summed E-state index contributed by atoms with van der Waals surface area (Å²) >= 11 is 0. The fourth-order valence-electron chi connectivity index (χ4n) is 2.79. The molecule has 0 aliphatic carbocycles. The molecule has 0 saturated carbocycles. The van der Waals surface area contributed by atoms with Gasteiger partial charge in [0, 0.05) is 31.7 Å². The number of carbonyl (C=O) groups is 5. The minimum absolute atomic E-state index is 0.0614. The molecule has 11 heteroatoms. The minimum Gasteiger partial charge on any atom is -0.481 e. The molecule has 7 N–H and O–H groups in total. The van der Waals surface area contributed by atoms with E-state index in [0.29, 0.717) is 19.4 Å². The Kier molecular flexibility index (Phi) is 9.79. The first-order chi connectivity index (χ1) is 13.2. The van der Waals surface area contributed by atoms with Crippen molar-refractivity contribution in [3.63, 3.8) is 0 Å². The Hall–Kier alpha value is -2.82. The molecular weight excluding hydrogens is 370 g/mol. The first-order valence-electron chi connectivity index (χ1n) is 9.03. The van der Waals surface area contributed by atoms with Crippen LogP contribution in [0.2, 0.25) is 0 Å². The molecule has 0 spiro atoms. The maximum atomic E-state index is 12.3. The second-order valence-corrected chi connectivity index (χ2v) is 6.64. The highest BCUT2D eigenvalue weighted by atomic mass is 16.4. The van der Waals surface area contributed by atoms with Gasteiger partial charge in [0.2, 0.25) is 5.91 Å². The molecule has 28 heavy (non-hydrogen) atoms. The Balaban J connectivity index is 2.80. The minimum atomic E-state index is -1.20. The van der Waals surface area contributed by atoms with Gasteiger partial charge < -0.3 is 21.9 Å². The molecule has 0 bridgehead atoms. The number of hydrogen-bond acceptors (Lipinski definition) is 7. The van der Waals surface area contributed by atoms with Crippen LogP contribution < -0.4 is 22.1 Å². The summed E-state index contributed by atoms with van der Waals surface area (Å²) in [6.07, 6.45) is -0.184. The molecule has 0 unspecified atom stereocenters. The summed E-state index contributed by atoms with van der Waals surface area (Å²) in [6.45, 7) is -0.125. The van der Waals surface area contributed by atoms with E-state index in [2.05, 4.69) is 15.6 Å². The molecular formula is C17H27N5O6. The summed E-state index contributed by atoms with van der Waals surface area (Å²) in [6, 6.07) is -0.725. The summed E-state index contributed by atoms with van der Waals surface area (Å²) in [5.74, 6) is -3.90. The number of ketones is 3. The third kappa shape index (κ3) is 9.21. The zero-order valence-electron chi connectivity index (χ0n) is 15.6. The zero-order valence-corrected chi connectivity index (χ0v) is 15.6. The van der Waals surface area contributed by atoms with E-state index in [4.69, 9.17) is 16.6 Å². The van der Waals surface area contributed by atoms with Crippen molar-refractivity contribution in [3.05, 3.63) is 0 Å². The van der Waals surface area contributed by atoms with Gasteiger partial charge in [-0.15, -0.1) is 0 Å². The van der Waals surface area contributed by atoms with Crippen LogP contribution in [0.4, 0.5) is 0 Å². The monoisotopic (exact) mass is 397 g/mol. The van der Waals surface area contributed by atoms with Crippen LogP contribution in [0, 0.1) is 5.92 Å². The van der Waals surface area contributed by atoms with Gasteiger partial charge in [0.25, 0.3) is 0 Å². The number of hydrogen-bond donors (Lipinski definition) is 5. The Bertz CT molecular complexity index is 644. The SMILES string of the molecule is NC(N)=NCCC[C@@H]1NCC(=O)CCC(=O)[C@H](CC(=O)O)CC(=O)CNC1=O. The average Bonchev–Trinajstić information content (AvgIpc) is 2.62. The summed E-state index contributed by atoms with van der Waals surface area (Å²) < 4.78 is 0. The van der Waals surface area contributed by atoms with Crippen molar-refractivity contribution < 1.29 is 29.1 Å². The highest BCUT2D eigenvalue weighted by Crippen LogP contribution is 2.15. The molecule has 1 aliphatic heterocycles. The lowest BCUT2D eigenvalue weighted by Gasteiger charge is -2.17. The van der Waals surface area contributed by atoms with E-state index in [1.807, 2.05) is 0 Å². The second-order valence-electron chi connectivity index (χ2n) is 6.64. The predicted molar refractivity (Wildman–Crippen MR) is 99.3 cm³/mol. The van der Waals surface area contributed by atoms with E-state index in [1.54, 1.807) is 0 Å². The normalized spacial score (nSPS) is 22.4. The topological polar surface area (TPSA) is 194 Å². The molecule has 1 aliphatic rings. The van der Waals surface area contributed by atoms with Gasteiger partial charge in [0.05, 0.1) is 25.6 Å². The van der Waals surface area contributed by atoms with Crippen molar-refractivity contribution >= 4 is 35.2 Å². The highest BCUT2D eigenvalue weighted by Gasteiger charge is 2.27. The Morgan fingerprint density at radius 1 is 1.11 bits per heavy atom. The third-order valence-electron chi connectivity index (χ3n) is 4.27. The largest absolute Gasteiger partial charge is 0.481 e. The number of Topliss-reactive ketones (excluding diaryl/α,β-unsaturated/α-hetero) is 3. The zero-order chi connectivity index (χ0) is 21.1. The lowest BCUT2D eigenvalue weighted by molar-refractivity contribution is -0.141. The number of carboxylic acids is 1. The van der Waals surface area contributed by atoms with Gasteiger partial charge >= 0.3 is 5.97 Å². The number of nitrogens with one attached hydrogen (secondary N) is 2. The van der Waals surface area contributed by atoms with Crippen molar-refractivity contribution in [1.29, 1.82) is 0 Å². The molecule has 0 radical (unpaired) electrons. The number of guanidine groups is 1. The number of nitrogens with zero attached hydrogens (tertiary/aromatic N) is 1. The van der Waals surface area contributed by atoms with Gasteiger partial charge in [0.15, 0.2) is 11.7 Å². The van der Waals surface area contributed by atoms with Crippen molar-refractivity contribution in [2.24, 2.45) is 22.4 Å². The van der Waals surface area contributed by atoms with E-state index in [1.165, 1.54) is 0 Å². The van der Waals surface area contributed by atoms with Gasteiger partial charge in [-0.3, -0.25) is 34.3 Å². The maximum absolute atomic E-state index is 12.3. The number of aliphatic imine (C=N–C) groups is 1. The van der Waals surface area contributed by atoms with E-state index >= 15 is 0 Å². The molecule has 0 aromatic heterocycles. The van der Waals surface area contributed by atoms with Gasteiger partial charge in [-0.2, -0.15) is 0 Å². The maximum Gasteiger partial charge on any atom is 0.304 e. The first-order valence-corrected chi connectivity index (χ1v) is 9.03. The molecule has 0 aromatic carbocycles. The number of rotatable bonds is 6. The van der Waals surface area contributed by atoms with E-state index in [-0.39, 0.29) is 44.1 Å². The fourth-order valence-corrected chi connectivity index (χ4v) is 2.79. The molecule has 2 atom stereocenters. The standard InChI is InChI=1S/C17H27N5O6/c18-17(19)20-5-1-2-13-16(28)22-9-12(24)6-10(7-15(26)27)14(25)4-3-11(23)8-21-13/h10,13,21H,1-9H2,(H,22,28)(H,26,27)(H4,18,19,20)/t10-,13-/m0/s1. The molecule has 0 aromatic rings. The molecule has 1 saturated heterocycles. The van der Waals surface area contributed by atoms with Crippen LogP contribution in [0.5, 0.6) is 0 Å². The van der Waals surface area contributed by atoms with E-state index in [0.717, 1.165) is 0 Å². The second kappa shape index (κ2) is 11.8. The number of carbonyl (C=O) groups excluding carboxylic acids is 4. The van der Waals surface area contributed by atoms with Crippen LogP contribution >= 0.6 is 0 Å². The van der Waals surface area contributed by atoms with Crippen LogP contribution in [-0.2, 0) is 24.0 Å². The predicted octanol–water partition coefficient (Wildman–Crippen LogP) is -1.90. The van der Waals surface area contributed by atoms with Crippen LogP contribution in [0.3, 0.4) is 0 Å². The molecule has 1 amide bonds. The van der Waals surface area contributed by atoms with Crippen molar-refractivity contribution in [3.8, 4) is 0 Å². The van der Waals surface area contributed by atoms with E-state index in [9.17, 15) is 24.0 Å². The Morgan fingerprint density at radius 3 is 2.46 bits per heavy atom. The summed E-state index contributed by atoms with van der Waals surface area (Å²) in [7, 11) is 0. The first kappa shape index (κ1) is 23.2. The average molecular weight is 397 g/mol. The van der Waals surface area contributed by atoms with Gasteiger partial charge in [-0.25, -0.2) is 0 Å². The number of nitrogens with two attached hydrogens (primary N) is 2. The summed E-state index contributed by atoms with van der Waals surface area (Å²) in [4.78, 5) is 63.4. The third-order valence-corrected chi connectivity index (χ3v) is 4.27. The van der Waals surface area contributed by atoms with Crippen LogP contribution in [0.25, 0.3) is 0 Å². The van der Waals surface area contributed by atoms with Crippen molar-refractivity contribution in [2.75, 3.05) is 19.6 Å². The van der Waals surface area contributed by atoms with Gasteiger partial charge in [0.1, 0.15) is 11.6 Å². The molecule has 11 nitrogen and oxygen atoms in total. The highest BCUT2D eigenvalue weighted by molar-refractivity contribution is 5.95.